The molecule has 0 bridgehead atoms. The molecule has 1 fully saturated rings. The molecule has 1 aromatic rings. The van der Waals surface area contributed by atoms with Crippen molar-refractivity contribution in [2.24, 2.45) is 11.7 Å². The molecule has 0 aliphatic carbocycles. The molecule has 2 heterocycles. The van der Waals surface area contributed by atoms with E-state index in [2.05, 4.69) is 16.6 Å². The highest BCUT2D eigenvalue weighted by Crippen LogP contribution is 2.39. The van der Waals surface area contributed by atoms with Crippen LogP contribution in [0.1, 0.15) is 12.5 Å². The van der Waals surface area contributed by atoms with Gasteiger partial charge in [0.15, 0.2) is 11.5 Å². The summed E-state index contributed by atoms with van der Waals surface area (Å²) in [4.78, 5) is 2.13. The van der Waals surface area contributed by atoms with E-state index < -0.39 is 6.61 Å². The Bertz CT molecular complexity index is 517. The summed E-state index contributed by atoms with van der Waals surface area (Å²) in [5, 5.41) is 0. The number of halogens is 2. The molecule has 2 atom stereocenters. The van der Waals surface area contributed by atoms with Crippen molar-refractivity contribution in [1.82, 2.24) is 4.90 Å². The van der Waals surface area contributed by atoms with E-state index in [0.29, 0.717) is 29.5 Å². The highest BCUT2D eigenvalue weighted by molar-refractivity contribution is 5.51. The van der Waals surface area contributed by atoms with E-state index in [1.165, 1.54) is 6.07 Å². The zero-order valence-electron chi connectivity index (χ0n) is 11.7. The number of ether oxygens (including phenoxy) is 3. The second-order valence-corrected chi connectivity index (χ2v) is 5.53. The Labute approximate surface area is 121 Å². The van der Waals surface area contributed by atoms with E-state index >= 15 is 0 Å². The van der Waals surface area contributed by atoms with E-state index in [1.54, 1.807) is 6.07 Å². The van der Waals surface area contributed by atoms with Gasteiger partial charge in [-0.2, -0.15) is 8.78 Å². The second kappa shape index (κ2) is 5.65. The molecule has 2 unspecified atom stereocenters. The molecule has 5 nitrogen and oxygen atoms in total. The lowest BCUT2D eigenvalue weighted by atomic mass is 10.1. The molecular formula is C14H18F2N2O3. The Morgan fingerprint density at radius 3 is 2.67 bits per heavy atom. The molecule has 0 amide bonds. The molecule has 2 aliphatic heterocycles. The van der Waals surface area contributed by atoms with Gasteiger partial charge < -0.3 is 19.9 Å². The third-order valence-corrected chi connectivity index (χ3v) is 3.91. The highest BCUT2D eigenvalue weighted by atomic mass is 19.3. The van der Waals surface area contributed by atoms with Crippen molar-refractivity contribution in [3.05, 3.63) is 17.7 Å². The van der Waals surface area contributed by atoms with Gasteiger partial charge >= 0.3 is 6.61 Å². The number of likely N-dealkylation sites (tertiary alicyclic amines) is 1. The van der Waals surface area contributed by atoms with Crippen LogP contribution in [0.3, 0.4) is 0 Å². The van der Waals surface area contributed by atoms with Crippen LogP contribution in [0.4, 0.5) is 8.78 Å². The van der Waals surface area contributed by atoms with Crippen molar-refractivity contribution in [2.45, 2.75) is 26.1 Å². The van der Waals surface area contributed by atoms with Crippen LogP contribution in [0.5, 0.6) is 17.2 Å². The van der Waals surface area contributed by atoms with Gasteiger partial charge in [-0.15, -0.1) is 0 Å². The Hall–Kier alpha value is -1.60. The van der Waals surface area contributed by atoms with Gasteiger partial charge in [-0.3, -0.25) is 4.90 Å². The molecule has 7 heteroatoms. The normalized spacial score (nSPS) is 24.8. The van der Waals surface area contributed by atoms with Gasteiger partial charge in [-0.25, -0.2) is 0 Å². The molecule has 0 spiro atoms. The predicted octanol–water partition coefficient (Wildman–Crippen LogP) is 1.80. The van der Waals surface area contributed by atoms with E-state index in [4.69, 9.17) is 15.2 Å². The van der Waals surface area contributed by atoms with Gasteiger partial charge in [-0.1, -0.05) is 6.92 Å². The molecular weight excluding hydrogens is 282 g/mol. The lowest BCUT2D eigenvalue weighted by molar-refractivity contribution is -0.0508. The molecule has 116 valence electrons. The van der Waals surface area contributed by atoms with Gasteiger partial charge in [0.2, 0.25) is 6.79 Å². The van der Waals surface area contributed by atoms with E-state index in [-0.39, 0.29) is 18.6 Å². The minimum Gasteiger partial charge on any atom is -0.454 e. The standard InChI is InChI=1S/C14H18F2N2O3/c1-8-4-18(6-10(8)17)5-9-2-12-13(20-7-19-12)3-11(9)21-14(15)16/h2-3,8,10,14H,4-7,17H2,1H3. The molecule has 1 aromatic carbocycles. The number of alkyl halides is 2. The van der Waals surface area contributed by atoms with Crippen LogP contribution in [0.15, 0.2) is 12.1 Å². The van der Waals surface area contributed by atoms with Crippen molar-refractivity contribution in [1.29, 1.82) is 0 Å². The summed E-state index contributed by atoms with van der Waals surface area (Å²) in [6.07, 6.45) is 0. The average molecular weight is 300 g/mol. The van der Waals surface area contributed by atoms with Gasteiger partial charge in [0, 0.05) is 37.3 Å². The zero-order chi connectivity index (χ0) is 15.0. The number of fused-ring (bicyclic) bond motifs is 1. The van der Waals surface area contributed by atoms with Gasteiger partial charge in [0.05, 0.1) is 0 Å². The van der Waals surface area contributed by atoms with Crippen molar-refractivity contribution in [3.63, 3.8) is 0 Å². The summed E-state index contributed by atoms with van der Waals surface area (Å²) in [6, 6.07) is 3.27. The van der Waals surface area contributed by atoms with Crippen molar-refractivity contribution in [3.8, 4) is 17.2 Å². The Morgan fingerprint density at radius 2 is 2.05 bits per heavy atom. The summed E-state index contributed by atoms with van der Waals surface area (Å²) in [6.45, 7) is 1.38. The molecule has 0 radical (unpaired) electrons. The summed E-state index contributed by atoms with van der Waals surface area (Å²) >= 11 is 0. The lowest BCUT2D eigenvalue weighted by Gasteiger charge is -2.18. The smallest absolute Gasteiger partial charge is 0.387 e. The fourth-order valence-corrected chi connectivity index (χ4v) is 2.76. The molecule has 2 aliphatic rings. The second-order valence-electron chi connectivity index (χ2n) is 5.53. The van der Waals surface area contributed by atoms with Crippen LogP contribution in [0.2, 0.25) is 0 Å². The van der Waals surface area contributed by atoms with Crippen LogP contribution in [0, 0.1) is 5.92 Å². The molecule has 21 heavy (non-hydrogen) atoms. The number of hydrogen-bond acceptors (Lipinski definition) is 5. The fraction of sp³-hybridized carbons (Fsp3) is 0.571. The van der Waals surface area contributed by atoms with E-state index in [9.17, 15) is 8.78 Å². The summed E-state index contributed by atoms with van der Waals surface area (Å²) in [7, 11) is 0. The quantitative estimate of drug-likeness (QED) is 0.919. The monoisotopic (exact) mass is 300 g/mol. The summed E-state index contributed by atoms with van der Waals surface area (Å²) in [5.41, 5.74) is 6.65. The van der Waals surface area contributed by atoms with Crippen molar-refractivity contribution >= 4 is 0 Å². The molecule has 0 saturated carbocycles. The van der Waals surface area contributed by atoms with Crippen LogP contribution >= 0.6 is 0 Å². The van der Waals surface area contributed by atoms with Crippen LogP contribution in [-0.2, 0) is 6.54 Å². The van der Waals surface area contributed by atoms with Crippen molar-refractivity contribution in [2.75, 3.05) is 19.9 Å². The van der Waals surface area contributed by atoms with Crippen LogP contribution < -0.4 is 19.9 Å². The maximum atomic E-state index is 12.6. The third-order valence-electron chi connectivity index (χ3n) is 3.91. The largest absolute Gasteiger partial charge is 0.454 e. The average Bonchev–Trinajstić information content (AvgIpc) is 2.96. The molecule has 3 rings (SSSR count). The number of nitrogens with zero attached hydrogens (tertiary/aromatic N) is 1. The first-order valence-corrected chi connectivity index (χ1v) is 6.88. The first-order valence-electron chi connectivity index (χ1n) is 6.88. The molecule has 2 N–H and O–H groups in total. The highest BCUT2D eigenvalue weighted by Gasteiger charge is 2.28. The maximum Gasteiger partial charge on any atom is 0.387 e. The topological polar surface area (TPSA) is 57.0 Å². The summed E-state index contributed by atoms with van der Waals surface area (Å²) in [5.74, 6) is 1.50. The molecule has 1 saturated heterocycles. The van der Waals surface area contributed by atoms with Gasteiger partial charge in [0.25, 0.3) is 0 Å². The summed E-state index contributed by atoms with van der Waals surface area (Å²) < 4.78 is 40.2. The number of nitrogens with two attached hydrogens (primary N) is 1. The maximum absolute atomic E-state index is 12.6. The minimum atomic E-state index is -2.87. The number of benzene rings is 1. The van der Waals surface area contributed by atoms with Crippen LogP contribution in [-0.4, -0.2) is 37.4 Å². The fourth-order valence-electron chi connectivity index (χ4n) is 2.76. The Morgan fingerprint density at radius 1 is 1.33 bits per heavy atom. The Kier molecular flexibility index (Phi) is 3.86. The number of rotatable bonds is 4. The first-order chi connectivity index (χ1) is 10.0. The lowest BCUT2D eigenvalue weighted by Crippen LogP contribution is -2.28. The predicted molar refractivity (Wildman–Crippen MR) is 71.6 cm³/mol. The minimum absolute atomic E-state index is 0.0958. The van der Waals surface area contributed by atoms with Gasteiger partial charge in [0.1, 0.15) is 5.75 Å². The van der Waals surface area contributed by atoms with Gasteiger partial charge in [-0.05, 0) is 12.0 Å². The number of hydrogen-bond donors (Lipinski definition) is 1. The van der Waals surface area contributed by atoms with Crippen LogP contribution in [0.25, 0.3) is 0 Å². The third kappa shape index (κ3) is 3.03. The SMILES string of the molecule is CC1CN(Cc2cc3c(cc2OC(F)F)OCO3)CC1N. The van der Waals surface area contributed by atoms with E-state index in [1.807, 2.05) is 0 Å². The Balaban J connectivity index is 1.82. The molecule has 0 aromatic heterocycles. The zero-order valence-corrected chi connectivity index (χ0v) is 11.7. The van der Waals surface area contributed by atoms with E-state index in [0.717, 1.165) is 13.1 Å². The first kappa shape index (κ1) is 14.3. The van der Waals surface area contributed by atoms with Crippen molar-refractivity contribution < 1.29 is 23.0 Å².